The van der Waals surface area contributed by atoms with E-state index in [0.29, 0.717) is 0 Å². The summed E-state index contributed by atoms with van der Waals surface area (Å²) >= 11 is 3.43. The van der Waals surface area contributed by atoms with Gasteiger partial charge in [-0.25, -0.2) is 0 Å². The highest BCUT2D eigenvalue weighted by Crippen LogP contribution is 2.17. The molecule has 0 atom stereocenters. The van der Waals surface area contributed by atoms with Gasteiger partial charge in [-0.15, -0.1) is 0 Å². The zero-order valence-electron chi connectivity index (χ0n) is 8.89. The van der Waals surface area contributed by atoms with Gasteiger partial charge in [0.2, 0.25) is 0 Å². The molecule has 0 spiro atoms. The van der Waals surface area contributed by atoms with Crippen LogP contribution in [0.25, 0.3) is 0 Å². The molecule has 0 amide bonds. The number of nitrogens with two attached hydrogens (primary N) is 1. The Hall–Kier alpha value is -0.540. The first-order valence-electron chi connectivity index (χ1n) is 4.67. The molecule has 0 radical (unpaired) electrons. The van der Waals surface area contributed by atoms with Crippen LogP contribution < -0.4 is 11.1 Å². The monoisotopic (exact) mass is 256 g/mol. The lowest BCUT2D eigenvalue weighted by Gasteiger charge is -2.20. The lowest BCUT2D eigenvalue weighted by Crippen LogP contribution is -2.35. The molecule has 1 aromatic rings. The number of hydrogen-bond acceptors (Lipinski definition) is 2. The number of nitrogens with one attached hydrogen (secondary N) is 1. The van der Waals surface area contributed by atoms with Crippen LogP contribution in [0.3, 0.4) is 0 Å². The third-order valence-corrected chi connectivity index (χ3v) is 2.26. The summed E-state index contributed by atoms with van der Waals surface area (Å²) in [7, 11) is 0. The number of rotatable bonds is 2. The second kappa shape index (κ2) is 4.32. The molecule has 0 saturated heterocycles. The molecule has 0 heterocycles. The van der Waals surface area contributed by atoms with Crippen molar-refractivity contribution in [1.29, 1.82) is 0 Å². The maximum Gasteiger partial charge on any atom is 0.0328 e. The number of nitrogen functional groups attached to an aromatic ring is 1. The molecule has 0 unspecified atom stereocenters. The molecule has 14 heavy (non-hydrogen) atoms. The summed E-state index contributed by atoms with van der Waals surface area (Å²) in [4.78, 5) is 0. The van der Waals surface area contributed by atoms with E-state index in [4.69, 9.17) is 5.73 Å². The molecule has 0 aliphatic heterocycles. The first-order valence-corrected chi connectivity index (χ1v) is 5.46. The van der Waals surface area contributed by atoms with Crippen molar-refractivity contribution in [3.8, 4) is 0 Å². The van der Waals surface area contributed by atoms with Crippen molar-refractivity contribution >= 4 is 21.6 Å². The molecule has 1 rings (SSSR count). The van der Waals surface area contributed by atoms with Gasteiger partial charge in [0.25, 0.3) is 0 Å². The summed E-state index contributed by atoms with van der Waals surface area (Å²) in [6.07, 6.45) is 0. The molecule has 0 aromatic heterocycles. The lowest BCUT2D eigenvalue weighted by molar-refractivity contribution is 0.424. The summed E-state index contributed by atoms with van der Waals surface area (Å²) < 4.78 is 1.03. The van der Waals surface area contributed by atoms with E-state index in [1.165, 1.54) is 5.56 Å². The van der Waals surface area contributed by atoms with Crippen molar-refractivity contribution in [2.24, 2.45) is 0 Å². The van der Waals surface area contributed by atoms with Crippen molar-refractivity contribution in [2.75, 3.05) is 5.73 Å². The molecule has 0 aliphatic carbocycles. The summed E-state index contributed by atoms with van der Waals surface area (Å²) in [5.74, 6) is 0. The van der Waals surface area contributed by atoms with Crippen molar-refractivity contribution < 1.29 is 0 Å². The topological polar surface area (TPSA) is 38.0 Å². The molecule has 3 N–H and O–H groups in total. The Morgan fingerprint density at radius 3 is 2.43 bits per heavy atom. The van der Waals surface area contributed by atoms with Crippen LogP contribution in [-0.4, -0.2) is 5.54 Å². The van der Waals surface area contributed by atoms with Gasteiger partial charge in [0.05, 0.1) is 0 Å². The average Bonchev–Trinajstić information content (AvgIpc) is 1.97. The summed E-state index contributed by atoms with van der Waals surface area (Å²) in [5.41, 5.74) is 7.87. The largest absolute Gasteiger partial charge is 0.399 e. The molecule has 0 bridgehead atoms. The van der Waals surface area contributed by atoms with E-state index >= 15 is 0 Å². The Kier molecular flexibility index (Phi) is 3.56. The molecule has 2 nitrogen and oxygen atoms in total. The summed E-state index contributed by atoms with van der Waals surface area (Å²) in [6, 6.07) is 5.97. The predicted molar refractivity (Wildman–Crippen MR) is 65.1 cm³/mol. The lowest BCUT2D eigenvalue weighted by atomic mass is 10.1. The van der Waals surface area contributed by atoms with E-state index in [2.05, 4.69) is 48.1 Å². The maximum absolute atomic E-state index is 5.74. The second-order valence-electron chi connectivity index (χ2n) is 4.50. The van der Waals surface area contributed by atoms with E-state index in [9.17, 15) is 0 Å². The minimum absolute atomic E-state index is 0.136. The van der Waals surface area contributed by atoms with Gasteiger partial charge in [-0.2, -0.15) is 0 Å². The first-order chi connectivity index (χ1) is 6.37. The van der Waals surface area contributed by atoms with Gasteiger partial charge in [0, 0.05) is 22.2 Å². The standard InChI is InChI=1S/C11H17BrN2/c1-11(2,3)14-7-8-4-9(12)6-10(13)5-8/h4-6,14H,7,13H2,1-3H3. The minimum atomic E-state index is 0.136. The molecule has 0 aliphatic rings. The van der Waals surface area contributed by atoms with Crippen LogP contribution >= 0.6 is 15.9 Å². The fourth-order valence-corrected chi connectivity index (χ4v) is 1.70. The van der Waals surface area contributed by atoms with Crippen LogP contribution in [0, 0.1) is 0 Å². The van der Waals surface area contributed by atoms with Crippen LogP contribution in [0.4, 0.5) is 5.69 Å². The van der Waals surface area contributed by atoms with Crippen LogP contribution in [-0.2, 0) is 6.54 Å². The van der Waals surface area contributed by atoms with Crippen LogP contribution in [0.15, 0.2) is 22.7 Å². The smallest absolute Gasteiger partial charge is 0.0328 e. The minimum Gasteiger partial charge on any atom is -0.399 e. The van der Waals surface area contributed by atoms with Gasteiger partial charge in [-0.05, 0) is 44.5 Å². The normalized spacial score (nSPS) is 11.7. The zero-order chi connectivity index (χ0) is 10.8. The van der Waals surface area contributed by atoms with Crippen molar-refractivity contribution in [1.82, 2.24) is 5.32 Å². The van der Waals surface area contributed by atoms with E-state index in [0.717, 1.165) is 16.7 Å². The fourth-order valence-electron chi connectivity index (χ4n) is 1.14. The third kappa shape index (κ3) is 4.11. The van der Waals surface area contributed by atoms with E-state index < -0.39 is 0 Å². The highest BCUT2D eigenvalue weighted by Gasteiger charge is 2.08. The zero-order valence-corrected chi connectivity index (χ0v) is 10.5. The molecule has 3 heteroatoms. The molecular formula is C11H17BrN2. The van der Waals surface area contributed by atoms with Gasteiger partial charge in [-0.3, -0.25) is 0 Å². The molecule has 0 saturated carbocycles. The number of halogens is 1. The van der Waals surface area contributed by atoms with Gasteiger partial charge >= 0.3 is 0 Å². The van der Waals surface area contributed by atoms with E-state index in [-0.39, 0.29) is 5.54 Å². The Bertz CT molecular complexity index is 295. The van der Waals surface area contributed by atoms with Crippen LogP contribution in [0.5, 0.6) is 0 Å². The van der Waals surface area contributed by atoms with E-state index in [1.54, 1.807) is 0 Å². The Balaban J connectivity index is 2.68. The van der Waals surface area contributed by atoms with Gasteiger partial charge in [0.15, 0.2) is 0 Å². The molecule has 78 valence electrons. The van der Waals surface area contributed by atoms with Gasteiger partial charge in [0.1, 0.15) is 0 Å². The Morgan fingerprint density at radius 1 is 1.29 bits per heavy atom. The number of hydrogen-bond donors (Lipinski definition) is 2. The quantitative estimate of drug-likeness (QED) is 0.799. The average molecular weight is 257 g/mol. The fraction of sp³-hybridized carbons (Fsp3) is 0.455. The van der Waals surface area contributed by atoms with Crippen LogP contribution in [0.1, 0.15) is 26.3 Å². The highest BCUT2D eigenvalue weighted by molar-refractivity contribution is 9.10. The SMILES string of the molecule is CC(C)(C)NCc1cc(N)cc(Br)c1. The molecule has 0 fully saturated rings. The Morgan fingerprint density at radius 2 is 1.93 bits per heavy atom. The maximum atomic E-state index is 5.74. The van der Waals surface area contributed by atoms with E-state index in [1.807, 2.05) is 12.1 Å². The second-order valence-corrected chi connectivity index (χ2v) is 5.41. The van der Waals surface area contributed by atoms with Crippen molar-refractivity contribution in [2.45, 2.75) is 32.9 Å². The third-order valence-electron chi connectivity index (χ3n) is 1.80. The number of anilines is 1. The van der Waals surface area contributed by atoms with Crippen molar-refractivity contribution in [3.63, 3.8) is 0 Å². The Labute approximate surface area is 94.0 Å². The summed E-state index contributed by atoms with van der Waals surface area (Å²) in [6.45, 7) is 7.28. The molecular weight excluding hydrogens is 240 g/mol. The first kappa shape index (κ1) is 11.5. The highest BCUT2D eigenvalue weighted by atomic mass is 79.9. The van der Waals surface area contributed by atoms with Crippen LogP contribution in [0.2, 0.25) is 0 Å². The summed E-state index contributed by atoms with van der Waals surface area (Å²) in [5, 5.41) is 3.42. The van der Waals surface area contributed by atoms with Crippen molar-refractivity contribution in [3.05, 3.63) is 28.2 Å². The van der Waals surface area contributed by atoms with Gasteiger partial charge < -0.3 is 11.1 Å². The molecule has 1 aromatic carbocycles. The van der Waals surface area contributed by atoms with Gasteiger partial charge in [-0.1, -0.05) is 15.9 Å². The predicted octanol–water partition coefficient (Wildman–Crippen LogP) is 2.92. The number of benzene rings is 1.